The van der Waals surface area contributed by atoms with Gasteiger partial charge in [-0.15, -0.1) is 0 Å². The van der Waals surface area contributed by atoms with Crippen LogP contribution in [0.15, 0.2) is 54.6 Å². The molecule has 0 saturated carbocycles. The van der Waals surface area contributed by atoms with Gasteiger partial charge in [0.2, 0.25) is 5.91 Å². The number of nitro benzene ring substituents is 1. The zero-order valence-corrected chi connectivity index (χ0v) is 16.4. The van der Waals surface area contributed by atoms with Crippen molar-refractivity contribution in [3.8, 4) is 0 Å². The quantitative estimate of drug-likeness (QED) is 0.300. The molecule has 2 aliphatic rings. The van der Waals surface area contributed by atoms with E-state index in [2.05, 4.69) is 0 Å². The summed E-state index contributed by atoms with van der Waals surface area (Å²) in [4.78, 5) is 36.8. The summed E-state index contributed by atoms with van der Waals surface area (Å²) < 4.78 is 5.48. The highest BCUT2D eigenvalue weighted by Gasteiger charge is 2.54. The van der Waals surface area contributed by atoms with E-state index in [-0.39, 0.29) is 29.5 Å². The lowest BCUT2D eigenvalue weighted by Crippen LogP contribution is -2.55. The standard InChI is InChI=1S/C21H20N2O5S/c24-19-11-17-10-18(29-13-15-4-2-1-3-5-15)20(22(17)19)21(25)28-12-14-6-8-16(9-7-14)23(26)27/h1-9,17-18,20H,10-13H2/t17?,18-,20-/m1/s1. The zero-order chi connectivity index (χ0) is 20.4. The van der Waals surface area contributed by atoms with Crippen LogP contribution in [0.5, 0.6) is 0 Å². The van der Waals surface area contributed by atoms with Crippen molar-refractivity contribution >= 4 is 29.3 Å². The van der Waals surface area contributed by atoms with Gasteiger partial charge in [0, 0.05) is 35.6 Å². The van der Waals surface area contributed by atoms with Crippen LogP contribution >= 0.6 is 11.8 Å². The first-order chi connectivity index (χ1) is 14.0. The fourth-order valence-corrected chi connectivity index (χ4v) is 5.19. The van der Waals surface area contributed by atoms with Crippen molar-refractivity contribution < 1.29 is 19.2 Å². The van der Waals surface area contributed by atoms with Crippen LogP contribution < -0.4 is 0 Å². The van der Waals surface area contributed by atoms with Gasteiger partial charge in [0.1, 0.15) is 12.6 Å². The van der Waals surface area contributed by atoms with E-state index in [1.807, 2.05) is 30.3 Å². The summed E-state index contributed by atoms with van der Waals surface area (Å²) in [6, 6.07) is 15.5. The van der Waals surface area contributed by atoms with Crippen molar-refractivity contribution in [1.29, 1.82) is 0 Å². The predicted molar refractivity (Wildman–Crippen MR) is 108 cm³/mol. The molecule has 0 aromatic heterocycles. The molecule has 0 radical (unpaired) electrons. The predicted octanol–water partition coefficient (Wildman–Crippen LogP) is 3.31. The number of nitro groups is 1. The molecule has 150 valence electrons. The van der Waals surface area contributed by atoms with E-state index < -0.39 is 16.9 Å². The molecule has 4 rings (SSSR count). The number of non-ortho nitro benzene ring substituents is 1. The molecule has 2 heterocycles. The number of esters is 1. The smallest absolute Gasteiger partial charge is 0.330 e. The van der Waals surface area contributed by atoms with Crippen LogP contribution in [0.25, 0.3) is 0 Å². The molecule has 0 aliphatic carbocycles. The summed E-state index contributed by atoms with van der Waals surface area (Å²) >= 11 is 1.68. The Morgan fingerprint density at radius 3 is 2.52 bits per heavy atom. The number of rotatable bonds is 7. The highest BCUT2D eigenvalue weighted by atomic mass is 32.2. The Morgan fingerprint density at radius 1 is 1.14 bits per heavy atom. The minimum absolute atomic E-state index is 0.00369. The number of hydrogen-bond donors (Lipinski definition) is 0. The van der Waals surface area contributed by atoms with Gasteiger partial charge < -0.3 is 9.64 Å². The molecule has 2 aromatic carbocycles. The number of hydrogen-bond acceptors (Lipinski definition) is 6. The maximum Gasteiger partial charge on any atom is 0.330 e. The lowest BCUT2D eigenvalue weighted by Gasteiger charge is -2.37. The number of amides is 1. The van der Waals surface area contributed by atoms with E-state index >= 15 is 0 Å². The third-order valence-corrected chi connectivity index (χ3v) is 6.70. The van der Waals surface area contributed by atoms with Gasteiger partial charge in [0.15, 0.2) is 0 Å². The normalized spacial score (nSPS) is 22.7. The fourth-order valence-electron chi connectivity index (χ4n) is 3.81. The van der Waals surface area contributed by atoms with Gasteiger partial charge in [0.05, 0.1) is 4.92 Å². The lowest BCUT2D eigenvalue weighted by atomic mass is 10.0. The summed E-state index contributed by atoms with van der Waals surface area (Å²) in [7, 11) is 0. The van der Waals surface area contributed by atoms with E-state index in [0.717, 1.165) is 12.2 Å². The number of thioether (sulfide) groups is 1. The van der Waals surface area contributed by atoms with Crippen molar-refractivity contribution in [3.63, 3.8) is 0 Å². The molecule has 3 atom stereocenters. The second-order valence-corrected chi connectivity index (χ2v) is 8.43. The highest BCUT2D eigenvalue weighted by molar-refractivity contribution is 7.99. The molecule has 0 spiro atoms. The van der Waals surface area contributed by atoms with E-state index in [1.165, 1.54) is 17.7 Å². The first-order valence-corrected chi connectivity index (χ1v) is 10.4. The second kappa shape index (κ2) is 8.24. The Balaban J connectivity index is 1.39. The van der Waals surface area contributed by atoms with Crippen LogP contribution in [0.1, 0.15) is 24.0 Å². The van der Waals surface area contributed by atoms with Gasteiger partial charge in [-0.05, 0) is 29.7 Å². The molecule has 8 heteroatoms. The highest BCUT2D eigenvalue weighted by Crippen LogP contribution is 2.42. The number of carbonyl (C=O) groups is 2. The SMILES string of the molecule is O=C(OCc1ccc([N+](=O)[O-])cc1)[C@H]1[C@H](SCc2ccccc2)CC2CC(=O)N21. The minimum Gasteiger partial charge on any atom is -0.459 e. The van der Waals surface area contributed by atoms with Gasteiger partial charge >= 0.3 is 5.97 Å². The van der Waals surface area contributed by atoms with Gasteiger partial charge in [-0.3, -0.25) is 14.9 Å². The Labute approximate surface area is 172 Å². The molecule has 7 nitrogen and oxygen atoms in total. The summed E-state index contributed by atoms with van der Waals surface area (Å²) in [6.45, 7) is 0.0239. The monoisotopic (exact) mass is 412 g/mol. The number of β-lactam (4-membered cyclic amide) rings is 1. The van der Waals surface area contributed by atoms with Crippen LogP contribution in [0.2, 0.25) is 0 Å². The maximum atomic E-state index is 12.8. The largest absolute Gasteiger partial charge is 0.459 e. The fraction of sp³-hybridized carbons (Fsp3) is 0.333. The summed E-state index contributed by atoms with van der Waals surface area (Å²) in [5.74, 6) is 0.353. The first-order valence-electron chi connectivity index (χ1n) is 9.39. The van der Waals surface area contributed by atoms with E-state index in [1.54, 1.807) is 28.8 Å². The Bertz CT molecular complexity index is 918. The van der Waals surface area contributed by atoms with Gasteiger partial charge in [-0.1, -0.05) is 30.3 Å². The molecule has 2 aromatic rings. The summed E-state index contributed by atoms with van der Waals surface area (Å²) in [5.41, 5.74) is 1.83. The average Bonchev–Trinajstić information content (AvgIpc) is 3.03. The van der Waals surface area contributed by atoms with Crippen molar-refractivity contribution in [2.24, 2.45) is 0 Å². The number of benzene rings is 2. The van der Waals surface area contributed by atoms with Crippen LogP contribution in [-0.4, -0.2) is 39.0 Å². The summed E-state index contributed by atoms with van der Waals surface area (Å²) in [6.07, 6.45) is 1.29. The third kappa shape index (κ3) is 4.12. The van der Waals surface area contributed by atoms with E-state index in [4.69, 9.17) is 4.74 Å². The number of fused-ring (bicyclic) bond motifs is 1. The molecular formula is C21H20N2O5S. The Hall–Kier alpha value is -2.87. The summed E-state index contributed by atoms with van der Waals surface area (Å²) in [5, 5.41) is 10.7. The minimum atomic E-state index is -0.576. The maximum absolute atomic E-state index is 12.8. The molecule has 29 heavy (non-hydrogen) atoms. The van der Waals surface area contributed by atoms with E-state index in [0.29, 0.717) is 12.0 Å². The van der Waals surface area contributed by atoms with Crippen molar-refractivity contribution in [3.05, 3.63) is 75.8 Å². The molecular weight excluding hydrogens is 392 g/mol. The van der Waals surface area contributed by atoms with Crippen molar-refractivity contribution in [1.82, 2.24) is 4.90 Å². The van der Waals surface area contributed by atoms with Crippen molar-refractivity contribution in [2.45, 2.75) is 42.5 Å². The Morgan fingerprint density at radius 2 is 1.86 bits per heavy atom. The van der Waals surface area contributed by atoms with E-state index in [9.17, 15) is 19.7 Å². The Kier molecular flexibility index (Phi) is 5.53. The van der Waals surface area contributed by atoms with Crippen LogP contribution in [-0.2, 0) is 26.7 Å². The van der Waals surface area contributed by atoms with Gasteiger partial charge in [-0.25, -0.2) is 4.79 Å². The van der Waals surface area contributed by atoms with Gasteiger partial charge in [0.25, 0.3) is 5.69 Å². The first kappa shape index (κ1) is 19.4. The molecule has 1 unspecified atom stereocenters. The third-order valence-electron chi connectivity index (χ3n) is 5.32. The van der Waals surface area contributed by atoms with Crippen LogP contribution in [0, 0.1) is 10.1 Å². The lowest BCUT2D eigenvalue weighted by molar-refractivity contribution is -0.384. The molecule has 0 bridgehead atoms. The van der Waals surface area contributed by atoms with Crippen LogP contribution in [0.4, 0.5) is 5.69 Å². The molecule has 0 N–H and O–H groups in total. The number of ether oxygens (including phenoxy) is 1. The number of nitrogens with zero attached hydrogens (tertiary/aromatic N) is 2. The van der Waals surface area contributed by atoms with Crippen molar-refractivity contribution in [2.75, 3.05) is 0 Å². The topological polar surface area (TPSA) is 89.7 Å². The van der Waals surface area contributed by atoms with Gasteiger partial charge in [-0.2, -0.15) is 11.8 Å². The zero-order valence-electron chi connectivity index (χ0n) is 15.6. The average molecular weight is 412 g/mol. The van der Waals surface area contributed by atoms with Crippen LogP contribution in [0.3, 0.4) is 0 Å². The number of carbonyl (C=O) groups excluding carboxylic acids is 2. The second-order valence-electron chi connectivity index (χ2n) is 7.21. The molecule has 2 aliphatic heterocycles. The molecule has 1 amide bonds. The molecule has 2 fully saturated rings. The molecule has 2 saturated heterocycles.